The molecular weight excluding hydrogens is 280 g/mol. The Morgan fingerprint density at radius 2 is 2.25 bits per heavy atom. The Morgan fingerprint density at radius 3 is 2.75 bits per heavy atom. The lowest BCUT2D eigenvalue weighted by molar-refractivity contribution is 0.0366. The van der Waals surface area contributed by atoms with Gasteiger partial charge in [-0.05, 0) is 0 Å². The zero-order valence-corrected chi connectivity index (χ0v) is 12.5. The average molecular weight is 298 g/mol. The maximum Gasteiger partial charge on any atom is 0.263 e. The number of hydrogen-bond acceptors (Lipinski definition) is 7. The van der Waals surface area contributed by atoms with Gasteiger partial charge in [-0.2, -0.15) is 5.26 Å². The van der Waals surface area contributed by atoms with Crippen LogP contribution in [0.15, 0.2) is 0 Å². The summed E-state index contributed by atoms with van der Waals surface area (Å²) >= 11 is 1.15. The number of nitrogens with one attached hydrogen (secondary N) is 2. The van der Waals surface area contributed by atoms with E-state index < -0.39 is 0 Å². The Balaban J connectivity index is 2.90. The molecule has 0 saturated carbocycles. The Morgan fingerprint density at radius 1 is 1.55 bits per heavy atom. The van der Waals surface area contributed by atoms with Crippen LogP contribution in [0.1, 0.15) is 15.2 Å². The molecule has 20 heavy (non-hydrogen) atoms. The number of nitrogens with two attached hydrogens (primary N) is 1. The Hall–Kier alpha value is -1.82. The van der Waals surface area contributed by atoms with Gasteiger partial charge in [0.2, 0.25) is 0 Å². The molecule has 0 aliphatic heterocycles. The molecular formula is C12H18N4O3S. The van der Waals surface area contributed by atoms with Gasteiger partial charge in [-0.1, -0.05) is 0 Å². The van der Waals surface area contributed by atoms with Crippen molar-refractivity contribution in [2.75, 3.05) is 45.5 Å². The number of nitrogen functional groups attached to an aromatic ring is 1. The lowest BCUT2D eigenvalue weighted by atomic mass is 10.2. The van der Waals surface area contributed by atoms with Gasteiger partial charge in [-0.25, -0.2) is 0 Å². The summed E-state index contributed by atoms with van der Waals surface area (Å²) in [5.74, 6) is -0.308. The Kier molecular flexibility index (Phi) is 6.24. The second-order valence-electron chi connectivity index (χ2n) is 3.93. The average Bonchev–Trinajstić information content (AvgIpc) is 2.78. The summed E-state index contributed by atoms with van der Waals surface area (Å²) in [6, 6.07) is 2.01. The number of ether oxygens (including phenoxy) is 2. The topological polar surface area (TPSA) is 109 Å². The van der Waals surface area contributed by atoms with E-state index in [1.54, 1.807) is 14.2 Å². The maximum atomic E-state index is 11.6. The molecule has 110 valence electrons. The van der Waals surface area contributed by atoms with Crippen LogP contribution in [0.3, 0.4) is 0 Å². The fourth-order valence-electron chi connectivity index (χ4n) is 1.56. The minimum atomic E-state index is -0.308. The zero-order valence-electron chi connectivity index (χ0n) is 11.6. The molecule has 0 bridgehead atoms. The highest BCUT2D eigenvalue weighted by molar-refractivity contribution is 7.18. The highest BCUT2D eigenvalue weighted by Gasteiger charge is 2.20. The first-order chi connectivity index (χ1) is 9.58. The highest BCUT2D eigenvalue weighted by atomic mass is 32.1. The second kappa shape index (κ2) is 7.69. The molecule has 1 aromatic heterocycles. The molecule has 1 amide bonds. The second-order valence-corrected chi connectivity index (χ2v) is 4.95. The first kappa shape index (κ1) is 16.2. The Bertz CT molecular complexity index is 510. The van der Waals surface area contributed by atoms with Crippen LogP contribution < -0.4 is 16.4 Å². The van der Waals surface area contributed by atoms with Crippen LogP contribution >= 0.6 is 11.3 Å². The van der Waals surface area contributed by atoms with E-state index in [1.165, 1.54) is 7.05 Å². The predicted octanol–water partition coefficient (Wildman–Crippen LogP) is 0.635. The van der Waals surface area contributed by atoms with E-state index >= 15 is 0 Å². The van der Waals surface area contributed by atoms with Crippen molar-refractivity contribution in [2.45, 2.75) is 6.10 Å². The number of carbonyl (C=O) groups excluding carboxylic acids is 1. The third-order valence-electron chi connectivity index (χ3n) is 2.67. The van der Waals surface area contributed by atoms with E-state index in [0.29, 0.717) is 23.0 Å². The van der Waals surface area contributed by atoms with Gasteiger partial charge in [0.05, 0.1) is 18.4 Å². The fourth-order valence-corrected chi connectivity index (χ4v) is 2.59. The molecule has 0 fully saturated rings. The van der Waals surface area contributed by atoms with Crippen LogP contribution in [-0.4, -0.2) is 46.4 Å². The molecule has 0 saturated heterocycles. The molecule has 7 nitrogen and oxygen atoms in total. The molecule has 0 radical (unpaired) electrons. The van der Waals surface area contributed by atoms with Crippen LogP contribution in [0.2, 0.25) is 0 Å². The van der Waals surface area contributed by atoms with Gasteiger partial charge < -0.3 is 25.8 Å². The summed E-state index contributed by atoms with van der Waals surface area (Å²) in [6.45, 7) is 0.876. The predicted molar refractivity (Wildman–Crippen MR) is 78.0 cm³/mol. The third kappa shape index (κ3) is 3.60. The van der Waals surface area contributed by atoms with Gasteiger partial charge in [0.15, 0.2) is 0 Å². The van der Waals surface area contributed by atoms with Crippen molar-refractivity contribution < 1.29 is 14.3 Å². The van der Waals surface area contributed by atoms with E-state index in [1.807, 2.05) is 6.07 Å². The van der Waals surface area contributed by atoms with Crippen LogP contribution in [0.5, 0.6) is 0 Å². The monoisotopic (exact) mass is 298 g/mol. The molecule has 1 rings (SSSR count). The summed E-state index contributed by atoms with van der Waals surface area (Å²) in [7, 11) is 4.68. The van der Waals surface area contributed by atoms with Gasteiger partial charge in [-0.15, -0.1) is 11.3 Å². The molecule has 1 atom stereocenters. The van der Waals surface area contributed by atoms with Crippen molar-refractivity contribution in [3.63, 3.8) is 0 Å². The normalized spacial score (nSPS) is 11.7. The van der Waals surface area contributed by atoms with Gasteiger partial charge in [0.1, 0.15) is 21.5 Å². The zero-order chi connectivity index (χ0) is 15.1. The third-order valence-corrected chi connectivity index (χ3v) is 3.83. The number of rotatable bonds is 7. The summed E-state index contributed by atoms with van der Waals surface area (Å²) in [5, 5.41) is 15.3. The van der Waals surface area contributed by atoms with E-state index in [-0.39, 0.29) is 23.3 Å². The number of carbonyl (C=O) groups is 1. The molecule has 1 unspecified atom stereocenters. The number of nitriles is 1. The standard InChI is InChI=1S/C12H18N4O3S/c1-15-11(17)10-9(14)8(4-13)12(20-10)16-5-7(19-3)6-18-2/h7,16H,5-6,14H2,1-3H3,(H,15,17). The Labute approximate surface area is 121 Å². The molecule has 0 aliphatic rings. The molecule has 8 heteroatoms. The van der Waals surface area contributed by atoms with Crippen LogP contribution in [0.25, 0.3) is 0 Å². The molecule has 1 aromatic rings. The van der Waals surface area contributed by atoms with Gasteiger partial charge >= 0.3 is 0 Å². The van der Waals surface area contributed by atoms with E-state index in [0.717, 1.165) is 11.3 Å². The van der Waals surface area contributed by atoms with E-state index in [9.17, 15) is 4.79 Å². The van der Waals surface area contributed by atoms with Gasteiger partial charge in [0, 0.05) is 27.8 Å². The van der Waals surface area contributed by atoms with E-state index in [4.69, 9.17) is 20.5 Å². The van der Waals surface area contributed by atoms with E-state index in [2.05, 4.69) is 10.6 Å². The number of nitrogens with zero attached hydrogens (tertiary/aromatic N) is 1. The van der Waals surface area contributed by atoms with Gasteiger partial charge in [-0.3, -0.25) is 4.79 Å². The quantitative estimate of drug-likeness (QED) is 0.681. The van der Waals surface area contributed by atoms with Crippen molar-refractivity contribution in [2.24, 2.45) is 0 Å². The van der Waals surface area contributed by atoms with Gasteiger partial charge in [0.25, 0.3) is 5.91 Å². The summed E-state index contributed by atoms with van der Waals surface area (Å²) in [5.41, 5.74) is 6.29. The summed E-state index contributed by atoms with van der Waals surface area (Å²) < 4.78 is 10.2. The molecule has 4 N–H and O–H groups in total. The largest absolute Gasteiger partial charge is 0.396 e. The first-order valence-electron chi connectivity index (χ1n) is 5.89. The minimum absolute atomic E-state index is 0.154. The summed E-state index contributed by atoms with van der Waals surface area (Å²) in [6.07, 6.45) is -0.154. The highest BCUT2D eigenvalue weighted by Crippen LogP contribution is 2.35. The number of thiophene rings is 1. The van der Waals surface area contributed by atoms with Crippen molar-refractivity contribution in [1.29, 1.82) is 5.26 Å². The smallest absolute Gasteiger partial charge is 0.263 e. The minimum Gasteiger partial charge on any atom is -0.396 e. The van der Waals surface area contributed by atoms with Crippen molar-refractivity contribution in [1.82, 2.24) is 5.32 Å². The van der Waals surface area contributed by atoms with Crippen molar-refractivity contribution >= 4 is 27.9 Å². The lowest BCUT2D eigenvalue weighted by Gasteiger charge is -2.15. The van der Waals surface area contributed by atoms with Crippen LogP contribution in [0.4, 0.5) is 10.7 Å². The molecule has 0 aliphatic carbocycles. The van der Waals surface area contributed by atoms with Crippen molar-refractivity contribution in [3.05, 3.63) is 10.4 Å². The first-order valence-corrected chi connectivity index (χ1v) is 6.70. The SMILES string of the molecule is CNC(=O)c1sc(NCC(COC)OC)c(C#N)c1N. The number of amides is 1. The lowest BCUT2D eigenvalue weighted by Crippen LogP contribution is -2.26. The number of anilines is 2. The molecule has 1 heterocycles. The fraction of sp³-hybridized carbons (Fsp3) is 0.500. The van der Waals surface area contributed by atoms with Crippen molar-refractivity contribution in [3.8, 4) is 6.07 Å². The molecule has 0 aromatic carbocycles. The van der Waals surface area contributed by atoms with Crippen LogP contribution in [0, 0.1) is 11.3 Å². The van der Waals surface area contributed by atoms with Crippen LogP contribution in [-0.2, 0) is 9.47 Å². The summed E-state index contributed by atoms with van der Waals surface area (Å²) in [4.78, 5) is 12.0. The molecule has 0 spiro atoms. The number of methoxy groups -OCH3 is 2. The number of hydrogen-bond donors (Lipinski definition) is 3. The maximum absolute atomic E-state index is 11.6.